The molecule has 1 aliphatic carbocycles. The topological polar surface area (TPSA) is 29.5 Å². The van der Waals surface area contributed by atoms with Crippen molar-refractivity contribution in [3.05, 3.63) is 54.9 Å². The molecule has 2 aromatic carbocycles. The fourth-order valence-electron chi connectivity index (χ4n) is 4.38. The fourth-order valence-corrected chi connectivity index (χ4v) is 11.7. The summed E-state index contributed by atoms with van der Waals surface area (Å²) >= 11 is 36.9. The maximum Gasteiger partial charge on any atom is 0.179 e. The molecule has 0 heterocycles. The van der Waals surface area contributed by atoms with Gasteiger partial charge in [-0.05, 0) is 74.0 Å². The Kier molecular flexibility index (Phi) is 16.0. The first kappa shape index (κ1) is 38.0. The van der Waals surface area contributed by atoms with Gasteiger partial charge >= 0.3 is 0 Å². The number of aromatic hydroxyl groups is 1. The van der Waals surface area contributed by atoms with E-state index in [9.17, 15) is 5.11 Å². The molecule has 3 rings (SSSR count). The van der Waals surface area contributed by atoms with Crippen LogP contribution in [-0.2, 0) is 5.41 Å². The molecule has 1 saturated carbocycles. The highest BCUT2D eigenvalue weighted by molar-refractivity contribution is 9.33. The van der Waals surface area contributed by atoms with E-state index in [1.54, 1.807) is 12.1 Å². The van der Waals surface area contributed by atoms with E-state index in [-0.39, 0.29) is 20.9 Å². The summed E-state index contributed by atoms with van der Waals surface area (Å²) in [6, 6.07) is 9.16. The minimum atomic E-state index is -0.292. The largest absolute Gasteiger partial charge is 0.508 e. The Morgan fingerprint density at radius 3 is 1.59 bits per heavy atom. The molecule has 1 fully saturated rings. The van der Waals surface area contributed by atoms with E-state index in [1.165, 1.54) is 44.9 Å². The number of alkyl halides is 6. The van der Waals surface area contributed by atoms with Crippen molar-refractivity contribution in [3.8, 4) is 11.5 Å². The second-order valence-electron chi connectivity index (χ2n) is 10.1. The third-order valence-electron chi connectivity index (χ3n) is 6.82. The number of phenolic OH excluding ortho intramolecular Hbond substituents is 1. The van der Waals surface area contributed by atoms with Gasteiger partial charge in [-0.15, -0.1) is 0 Å². The molecule has 220 valence electrons. The first-order valence-electron chi connectivity index (χ1n) is 12.4. The van der Waals surface area contributed by atoms with E-state index in [0.29, 0.717) is 5.75 Å². The lowest BCUT2D eigenvalue weighted by Crippen LogP contribution is -2.47. The summed E-state index contributed by atoms with van der Waals surface area (Å²) in [5, 5.41) is 9.47. The minimum absolute atomic E-state index is 0.181. The van der Waals surface area contributed by atoms with Crippen LogP contribution < -0.4 is 3.83 Å². The number of rotatable bonds is 3. The van der Waals surface area contributed by atoms with Crippen LogP contribution in [0.15, 0.2) is 43.7 Å². The molecule has 0 unspecified atom stereocenters. The summed E-state index contributed by atoms with van der Waals surface area (Å²) < 4.78 is 7.21. The summed E-state index contributed by atoms with van der Waals surface area (Å²) in [5.41, 5.74) is 1.92. The van der Waals surface area contributed by atoms with Crippen molar-refractivity contribution < 1.29 is 8.93 Å². The zero-order valence-corrected chi connectivity index (χ0v) is 37.2. The van der Waals surface area contributed by atoms with Gasteiger partial charge in [-0.1, -0.05) is 182 Å². The molecular weight excluding hydrogens is 1160 g/mol. The van der Waals surface area contributed by atoms with Crippen molar-refractivity contribution in [2.45, 2.75) is 86.8 Å². The second-order valence-corrected chi connectivity index (χ2v) is 23.8. The van der Waals surface area contributed by atoms with Gasteiger partial charge in [-0.25, -0.2) is 0 Å². The molecule has 12 heteroatoms. The molecule has 0 aromatic heterocycles. The summed E-state index contributed by atoms with van der Waals surface area (Å²) in [5.74, 6) is 0.941. The molecular formula is C27H30Br10O2. The molecule has 0 amide bonds. The van der Waals surface area contributed by atoms with Crippen molar-refractivity contribution in [3.63, 3.8) is 0 Å². The SMILES string of the molecule is BrC1(Br)CCCCCCCCCC(Br)(Br)C1(Br)Br.CC(C)(c1ccc(O)cc1)c1c(Br)cc(OBr)c(Br)c1Br. The van der Waals surface area contributed by atoms with Gasteiger partial charge in [-0.2, -0.15) is 0 Å². The van der Waals surface area contributed by atoms with Crippen LogP contribution in [0.1, 0.15) is 82.8 Å². The molecule has 0 saturated heterocycles. The highest BCUT2D eigenvalue weighted by Gasteiger charge is 2.56. The highest BCUT2D eigenvalue weighted by atomic mass is 79.9. The van der Waals surface area contributed by atoms with Crippen molar-refractivity contribution in [2.24, 2.45) is 0 Å². The molecule has 0 bridgehead atoms. The van der Waals surface area contributed by atoms with Crippen LogP contribution in [0.4, 0.5) is 0 Å². The monoisotopic (exact) mass is 1180 g/mol. The molecule has 0 atom stereocenters. The number of halogens is 10. The maximum absolute atomic E-state index is 9.47. The summed E-state index contributed by atoms with van der Waals surface area (Å²) in [4.78, 5) is 0. The van der Waals surface area contributed by atoms with Gasteiger partial charge in [0.2, 0.25) is 0 Å². The zero-order valence-electron chi connectivity index (χ0n) is 21.4. The van der Waals surface area contributed by atoms with Crippen LogP contribution in [0.5, 0.6) is 11.5 Å². The van der Waals surface area contributed by atoms with Gasteiger partial charge in [0.25, 0.3) is 0 Å². The van der Waals surface area contributed by atoms with Crippen LogP contribution in [0, 0.1) is 0 Å². The van der Waals surface area contributed by atoms with E-state index in [2.05, 4.69) is 173 Å². The third-order valence-corrected chi connectivity index (χ3v) is 20.8. The van der Waals surface area contributed by atoms with Gasteiger partial charge in [-0.3, -0.25) is 0 Å². The fraction of sp³-hybridized carbons (Fsp3) is 0.556. The average molecular weight is 1190 g/mol. The Labute approximate surface area is 317 Å². The van der Waals surface area contributed by atoms with Gasteiger partial charge in [0.05, 0.1) is 4.47 Å². The van der Waals surface area contributed by atoms with Gasteiger partial charge < -0.3 is 8.93 Å². The quantitative estimate of drug-likeness (QED) is 0.245. The van der Waals surface area contributed by atoms with E-state index in [4.69, 9.17) is 3.83 Å². The lowest BCUT2D eigenvalue weighted by atomic mass is 9.78. The smallest absolute Gasteiger partial charge is 0.179 e. The van der Waals surface area contributed by atoms with Crippen LogP contribution in [0.2, 0.25) is 0 Å². The Morgan fingerprint density at radius 2 is 1.15 bits per heavy atom. The lowest BCUT2D eigenvalue weighted by Gasteiger charge is -2.44. The number of phenols is 1. The van der Waals surface area contributed by atoms with E-state index in [1.807, 2.05) is 18.2 Å². The van der Waals surface area contributed by atoms with Crippen LogP contribution in [-0.4, -0.2) is 14.8 Å². The summed E-state index contributed by atoms with van der Waals surface area (Å²) in [6.07, 6.45) is 11.3. The average Bonchev–Trinajstić information content (AvgIpc) is 2.85. The van der Waals surface area contributed by atoms with Crippen molar-refractivity contribution >= 4 is 160 Å². The van der Waals surface area contributed by atoms with Crippen molar-refractivity contribution in [1.82, 2.24) is 0 Å². The predicted octanol–water partition coefficient (Wildman–Crippen LogP) is 14.7. The van der Waals surface area contributed by atoms with Crippen molar-refractivity contribution in [2.75, 3.05) is 0 Å². The lowest BCUT2D eigenvalue weighted by molar-refractivity contribution is 0.474. The Balaban J connectivity index is 0.000000277. The minimum Gasteiger partial charge on any atom is -0.508 e. The molecule has 2 nitrogen and oxygen atoms in total. The number of benzene rings is 2. The Bertz CT molecular complexity index is 1060. The summed E-state index contributed by atoms with van der Waals surface area (Å²) in [7, 11) is 0. The molecule has 39 heavy (non-hydrogen) atoms. The molecule has 0 spiro atoms. The standard InChI is InChI=1S/C15H12Br4O2.C12H18Br6/c1-15(2,8-3-5-9(20)6-4-8)12-10(16)7-11(21-19)13(17)14(12)18;13-10(14)8-6-4-2-1-3-5-7-9-11(15,16)12(10,17)18/h3-7,20H,1-2H3;1-9H2. The van der Waals surface area contributed by atoms with Gasteiger partial charge in [0, 0.05) is 14.4 Å². The first-order valence-corrected chi connectivity index (χ1v) is 20.2. The predicted molar refractivity (Wildman–Crippen MR) is 203 cm³/mol. The summed E-state index contributed by atoms with van der Waals surface area (Å²) in [6.45, 7) is 4.26. The van der Waals surface area contributed by atoms with E-state index < -0.39 is 0 Å². The molecule has 1 N–H and O–H groups in total. The zero-order chi connectivity index (χ0) is 29.6. The van der Waals surface area contributed by atoms with Crippen LogP contribution in [0.25, 0.3) is 0 Å². The first-order chi connectivity index (χ1) is 18.0. The highest BCUT2D eigenvalue weighted by Crippen LogP contribution is 2.63. The molecule has 2 aromatic rings. The number of hydrogen-bond acceptors (Lipinski definition) is 2. The second kappa shape index (κ2) is 16.4. The number of hydrogen-bond donors (Lipinski definition) is 1. The Hall–Kier alpha value is 2.84. The van der Waals surface area contributed by atoms with Crippen molar-refractivity contribution in [1.29, 1.82) is 0 Å². The van der Waals surface area contributed by atoms with Crippen LogP contribution >= 0.6 is 160 Å². The van der Waals surface area contributed by atoms with Gasteiger partial charge in [0.15, 0.2) is 22.0 Å². The molecule has 0 aliphatic heterocycles. The molecule has 1 aliphatic rings. The van der Waals surface area contributed by atoms with E-state index in [0.717, 1.165) is 37.4 Å². The van der Waals surface area contributed by atoms with Crippen LogP contribution in [0.3, 0.4) is 0 Å². The maximum atomic E-state index is 9.47. The Morgan fingerprint density at radius 1 is 0.718 bits per heavy atom. The van der Waals surface area contributed by atoms with Gasteiger partial charge in [0.1, 0.15) is 15.5 Å². The van der Waals surface area contributed by atoms with E-state index >= 15 is 0 Å². The molecule has 0 radical (unpaired) electrons. The normalized spacial score (nSPS) is 19.6. The third kappa shape index (κ3) is 9.91.